The summed E-state index contributed by atoms with van der Waals surface area (Å²) in [6, 6.07) is 11.4. The van der Waals surface area contributed by atoms with Gasteiger partial charge in [0.15, 0.2) is 5.58 Å². The van der Waals surface area contributed by atoms with E-state index in [4.69, 9.17) is 9.15 Å². The van der Waals surface area contributed by atoms with E-state index in [0.29, 0.717) is 23.2 Å². The van der Waals surface area contributed by atoms with Gasteiger partial charge < -0.3 is 29.8 Å². The zero-order chi connectivity index (χ0) is 29.3. The summed E-state index contributed by atoms with van der Waals surface area (Å²) >= 11 is 0. The zero-order valence-corrected chi connectivity index (χ0v) is 23.0. The second-order valence-corrected chi connectivity index (χ2v) is 11.3. The molecule has 6 rings (SSSR count). The third kappa shape index (κ3) is 5.68. The molecule has 0 spiro atoms. The Morgan fingerprint density at radius 1 is 1.17 bits per heavy atom. The molecule has 2 amide bonds. The molecule has 1 saturated heterocycles. The van der Waals surface area contributed by atoms with Crippen molar-refractivity contribution in [3.05, 3.63) is 66.5 Å². The number of nitrogens with one attached hydrogen (secondary N) is 2. The Kier molecular flexibility index (Phi) is 7.57. The number of hydrogen-bond donors (Lipinski definition) is 3. The molecule has 3 aromatic rings. The number of carbonyl (C=O) groups excluding carboxylic acids is 2. The minimum atomic E-state index is -1.40. The van der Waals surface area contributed by atoms with Crippen LogP contribution in [0.25, 0.3) is 11.1 Å². The number of carbonyl (C=O) groups is 3. The summed E-state index contributed by atoms with van der Waals surface area (Å²) in [5.41, 5.74) is 0.217. The van der Waals surface area contributed by atoms with E-state index in [9.17, 15) is 23.9 Å². The smallest absolute Gasteiger partial charge is 0.394 e. The molecule has 2 aliphatic heterocycles. The lowest BCUT2D eigenvalue weighted by molar-refractivity contribution is -0.145. The SMILES string of the molecule is O=C1N[C@]2(C(=O)O)C[C@H]2/C=C\CCCCC[C@H](Nc2cccc(F)c2)C(=O)N2C[C@H](Oc3nc4ccccc4o3)C[C@@H]12. The Bertz CT molecular complexity index is 1490. The Morgan fingerprint density at radius 3 is 2.83 bits per heavy atom. The standard InChI is InChI=1S/C31H33FN4O6/c32-20-10-8-11-21(15-20)33-24-13-5-3-1-2-4-9-19-17-31(19,29(39)40)35-27(37)25-16-22(18-36(25)28(24)38)41-30-34-23-12-6-7-14-26(23)42-30/h4,6-12,14-15,19,22,24-25,33H,1-3,5,13,16-18H2,(H,35,37)(H,39,40)/b9-4-/t19-,22-,24+,25+,31-/m1/s1. The zero-order valence-electron chi connectivity index (χ0n) is 23.0. The van der Waals surface area contributed by atoms with Crippen molar-refractivity contribution in [2.75, 3.05) is 11.9 Å². The van der Waals surface area contributed by atoms with Crippen LogP contribution in [-0.2, 0) is 14.4 Å². The van der Waals surface area contributed by atoms with Gasteiger partial charge in [-0.1, -0.05) is 43.2 Å². The number of rotatable bonds is 5. The van der Waals surface area contributed by atoms with Crippen LogP contribution in [0.2, 0.25) is 0 Å². The van der Waals surface area contributed by atoms with E-state index in [-0.39, 0.29) is 37.3 Å². The van der Waals surface area contributed by atoms with Crippen LogP contribution in [0, 0.1) is 11.7 Å². The molecule has 1 aromatic heterocycles. The third-order valence-electron chi connectivity index (χ3n) is 8.33. The first-order chi connectivity index (χ1) is 20.3. The first-order valence-corrected chi connectivity index (χ1v) is 14.4. The van der Waals surface area contributed by atoms with Gasteiger partial charge >= 0.3 is 12.0 Å². The normalized spacial score (nSPS) is 29.0. The third-order valence-corrected chi connectivity index (χ3v) is 8.33. The molecule has 220 valence electrons. The van der Waals surface area contributed by atoms with Gasteiger partial charge in [-0.3, -0.25) is 9.59 Å². The van der Waals surface area contributed by atoms with Crippen LogP contribution < -0.4 is 15.4 Å². The second-order valence-electron chi connectivity index (χ2n) is 11.3. The van der Waals surface area contributed by atoms with Gasteiger partial charge in [-0.2, -0.15) is 4.98 Å². The number of halogens is 1. The quantitative estimate of drug-likeness (QED) is 0.384. The van der Waals surface area contributed by atoms with Gasteiger partial charge in [0.05, 0.1) is 6.54 Å². The van der Waals surface area contributed by atoms with E-state index in [1.165, 1.54) is 17.0 Å². The summed E-state index contributed by atoms with van der Waals surface area (Å²) in [6.45, 7) is 0.0698. The summed E-state index contributed by atoms with van der Waals surface area (Å²) in [5.74, 6) is -2.74. The predicted molar refractivity (Wildman–Crippen MR) is 151 cm³/mol. The molecule has 0 radical (unpaired) electrons. The minimum absolute atomic E-state index is 0.0284. The van der Waals surface area contributed by atoms with Gasteiger partial charge in [0.2, 0.25) is 11.8 Å². The van der Waals surface area contributed by atoms with E-state index in [1.807, 2.05) is 24.3 Å². The number of fused-ring (bicyclic) bond motifs is 3. The number of oxazole rings is 1. The Hall–Kier alpha value is -4.41. The molecule has 2 fully saturated rings. The highest BCUT2D eigenvalue weighted by atomic mass is 19.1. The van der Waals surface area contributed by atoms with Crippen LogP contribution in [0.5, 0.6) is 6.08 Å². The second kappa shape index (κ2) is 11.5. The average Bonchev–Trinajstić information content (AvgIpc) is 3.28. The molecule has 0 unspecified atom stereocenters. The number of ether oxygens (including phenoxy) is 1. The summed E-state index contributed by atoms with van der Waals surface area (Å²) in [7, 11) is 0. The largest absolute Gasteiger partial charge is 0.479 e. The highest BCUT2D eigenvalue weighted by Crippen LogP contribution is 2.45. The fraction of sp³-hybridized carbons (Fsp3) is 0.419. The van der Waals surface area contributed by atoms with E-state index >= 15 is 0 Å². The maximum atomic E-state index is 14.1. The van der Waals surface area contributed by atoms with Crippen molar-refractivity contribution in [2.24, 2.45) is 5.92 Å². The molecule has 42 heavy (non-hydrogen) atoms. The molecule has 0 bridgehead atoms. The number of aromatic nitrogens is 1. The van der Waals surface area contributed by atoms with E-state index in [0.717, 1.165) is 25.7 Å². The fourth-order valence-corrected chi connectivity index (χ4v) is 5.97. The number of nitrogens with zero attached hydrogens (tertiary/aromatic N) is 2. The minimum Gasteiger partial charge on any atom is -0.479 e. The predicted octanol–water partition coefficient (Wildman–Crippen LogP) is 4.28. The lowest BCUT2D eigenvalue weighted by Gasteiger charge is -2.30. The number of benzene rings is 2. The van der Waals surface area contributed by atoms with Gasteiger partial charge in [0.1, 0.15) is 35.1 Å². The van der Waals surface area contributed by atoms with Crippen molar-refractivity contribution in [3.8, 4) is 6.08 Å². The first kappa shape index (κ1) is 27.7. The molecule has 1 aliphatic carbocycles. The number of carboxylic acid groups (broad SMARTS) is 1. The highest BCUT2D eigenvalue weighted by Gasteiger charge is 2.61. The number of para-hydroxylation sites is 2. The lowest BCUT2D eigenvalue weighted by Crippen LogP contribution is -2.55. The van der Waals surface area contributed by atoms with Crippen molar-refractivity contribution in [1.29, 1.82) is 0 Å². The molecule has 10 nitrogen and oxygen atoms in total. The van der Waals surface area contributed by atoms with Crippen LogP contribution in [0.15, 0.2) is 65.1 Å². The Labute approximate surface area is 241 Å². The molecule has 1 saturated carbocycles. The molecular formula is C31H33FN4O6. The average molecular weight is 577 g/mol. The first-order valence-electron chi connectivity index (χ1n) is 14.4. The van der Waals surface area contributed by atoms with Gasteiger partial charge in [0.25, 0.3) is 0 Å². The number of carboxylic acids is 1. The van der Waals surface area contributed by atoms with Gasteiger partial charge in [-0.25, -0.2) is 9.18 Å². The summed E-state index contributed by atoms with van der Waals surface area (Å²) in [6.07, 6.45) is 7.39. The Morgan fingerprint density at radius 2 is 2.02 bits per heavy atom. The van der Waals surface area contributed by atoms with E-state index < -0.39 is 41.4 Å². The molecule has 3 aliphatic rings. The maximum absolute atomic E-state index is 14.1. The maximum Gasteiger partial charge on any atom is 0.394 e. The van der Waals surface area contributed by atoms with Crippen molar-refractivity contribution in [2.45, 2.75) is 68.7 Å². The van der Waals surface area contributed by atoms with Crippen molar-refractivity contribution in [1.82, 2.24) is 15.2 Å². The number of allylic oxidation sites excluding steroid dienone is 1. The van der Waals surface area contributed by atoms with Crippen LogP contribution in [0.1, 0.15) is 44.9 Å². The van der Waals surface area contributed by atoms with E-state index in [1.54, 1.807) is 24.3 Å². The molecule has 11 heteroatoms. The number of aliphatic carboxylic acids is 1. The van der Waals surface area contributed by atoms with Crippen molar-refractivity contribution >= 4 is 34.6 Å². The van der Waals surface area contributed by atoms with Crippen LogP contribution in [0.4, 0.5) is 10.1 Å². The topological polar surface area (TPSA) is 134 Å². The number of hydrogen-bond acceptors (Lipinski definition) is 7. The summed E-state index contributed by atoms with van der Waals surface area (Å²) in [4.78, 5) is 45.9. The van der Waals surface area contributed by atoms with Crippen LogP contribution in [0.3, 0.4) is 0 Å². The fourth-order valence-electron chi connectivity index (χ4n) is 5.97. The molecule has 2 aromatic carbocycles. The van der Waals surface area contributed by atoms with Gasteiger partial charge in [-0.15, -0.1) is 0 Å². The molecular weight excluding hydrogens is 543 g/mol. The molecule has 5 atom stereocenters. The Balaban J connectivity index is 1.29. The highest BCUT2D eigenvalue weighted by molar-refractivity contribution is 5.96. The molecule has 3 heterocycles. The number of amides is 2. The van der Waals surface area contributed by atoms with Gasteiger partial charge in [0, 0.05) is 18.0 Å². The van der Waals surface area contributed by atoms with Crippen LogP contribution in [-0.4, -0.2) is 63.0 Å². The summed E-state index contributed by atoms with van der Waals surface area (Å²) < 4.78 is 25.7. The van der Waals surface area contributed by atoms with Crippen molar-refractivity contribution < 1.29 is 33.0 Å². The lowest BCUT2D eigenvalue weighted by atomic mass is 10.0. The van der Waals surface area contributed by atoms with Crippen molar-refractivity contribution in [3.63, 3.8) is 0 Å². The number of anilines is 1. The summed E-state index contributed by atoms with van der Waals surface area (Å²) in [5, 5.41) is 16.0. The van der Waals surface area contributed by atoms with Crippen LogP contribution >= 0.6 is 0 Å². The van der Waals surface area contributed by atoms with E-state index in [2.05, 4.69) is 15.6 Å². The van der Waals surface area contributed by atoms with Gasteiger partial charge in [-0.05, 0) is 56.0 Å². The monoisotopic (exact) mass is 576 g/mol. The molecule has 3 N–H and O–H groups in total.